The van der Waals surface area contributed by atoms with Gasteiger partial charge in [-0.15, -0.1) is 0 Å². The molecule has 0 radical (unpaired) electrons. The van der Waals surface area contributed by atoms with E-state index in [2.05, 4.69) is 68.5 Å². The number of esters is 2. The first kappa shape index (κ1) is 53.7. The Kier molecular flexibility index (Phi) is 36.7. The summed E-state index contributed by atoms with van der Waals surface area (Å²) in [6, 6.07) is 0. The summed E-state index contributed by atoms with van der Waals surface area (Å²) < 4.78 is 34.2. The maximum Gasteiger partial charge on any atom is 0.472 e. The number of unbranched alkanes of at least 4 members (excludes halogenated alkanes) is 15. The molecule has 0 saturated carbocycles. The van der Waals surface area contributed by atoms with Crippen LogP contribution < -0.4 is 0 Å². The number of carbonyl (C=O) groups is 2. The molecule has 0 aromatic heterocycles. The summed E-state index contributed by atoms with van der Waals surface area (Å²) in [5.41, 5.74) is 0. The van der Waals surface area contributed by atoms with Gasteiger partial charge in [0.2, 0.25) is 0 Å². The fourth-order valence-corrected chi connectivity index (χ4v) is 6.38. The van der Waals surface area contributed by atoms with Crippen LogP contribution in [0.5, 0.6) is 0 Å². The number of hydrogen-bond donors (Lipinski definition) is 1. The molecule has 0 rings (SSSR count). The normalized spacial score (nSPS) is 14.2. The largest absolute Gasteiger partial charge is 0.472 e. The van der Waals surface area contributed by atoms with Crippen LogP contribution in [0, 0.1) is 0 Å². The van der Waals surface area contributed by atoms with E-state index in [0.717, 1.165) is 51.4 Å². The molecular weight excluding hydrogens is 725 g/mol. The zero-order valence-corrected chi connectivity index (χ0v) is 37.2. The summed E-state index contributed by atoms with van der Waals surface area (Å²) in [6.45, 7) is 4.24. The van der Waals surface area contributed by atoms with Gasteiger partial charge in [-0.2, -0.15) is 0 Å². The van der Waals surface area contributed by atoms with Crippen LogP contribution in [0.1, 0.15) is 168 Å². The molecule has 0 amide bonds. The number of likely N-dealkylation sites (N-methyl/N-ethyl adjacent to an activating group) is 1. The maximum absolute atomic E-state index is 12.7. The number of rotatable bonds is 39. The molecule has 0 aromatic carbocycles. The number of phosphoric acid groups is 1. The minimum atomic E-state index is -4.39. The molecule has 0 aliphatic carbocycles. The van der Waals surface area contributed by atoms with E-state index < -0.39 is 26.5 Å². The minimum Gasteiger partial charge on any atom is -0.462 e. The third kappa shape index (κ3) is 41.3. The molecule has 0 bridgehead atoms. The summed E-state index contributed by atoms with van der Waals surface area (Å²) in [7, 11) is 1.44. The molecule has 0 aliphatic heterocycles. The molecule has 0 spiro atoms. The summed E-state index contributed by atoms with van der Waals surface area (Å²) in [5.74, 6) is -0.867. The highest BCUT2D eigenvalue weighted by Crippen LogP contribution is 2.43. The highest BCUT2D eigenvalue weighted by Gasteiger charge is 2.27. The van der Waals surface area contributed by atoms with Crippen molar-refractivity contribution in [2.45, 2.75) is 174 Å². The van der Waals surface area contributed by atoms with Crippen LogP contribution in [-0.2, 0) is 32.7 Å². The lowest BCUT2D eigenvalue weighted by Crippen LogP contribution is -2.37. The van der Waals surface area contributed by atoms with E-state index in [1.165, 1.54) is 77.0 Å². The minimum absolute atomic E-state index is 0.0196. The van der Waals surface area contributed by atoms with Gasteiger partial charge >= 0.3 is 19.8 Å². The number of nitrogens with zero attached hydrogens (tertiary/aromatic N) is 1. The second-order valence-electron chi connectivity index (χ2n) is 15.7. The maximum atomic E-state index is 12.7. The number of quaternary nitrogens is 1. The van der Waals surface area contributed by atoms with Crippen molar-refractivity contribution < 1.29 is 42.1 Å². The van der Waals surface area contributed by atoms with E-state index in [1.807, 2.05) is 27.2 Å². The molecule has 0 saturated heterocycles. The topological polar surface area (TPSA) is 108 Å². The summed E-state index contributed by atoms with van der Waals surface area (Å²) in [4.78, 5) is 35.3. The van der Waals surface area contributed by atoms with Crippen molar-refractivity contribution in [3.05, 3.63) is 60.8 Å². The molecule has 2 unspecified atom stereocenters. The quantitative estimate of drug-likeness (QED) is 0.0215. The van der Waals surface area contributed by atoms with Gasteiger partial charge in [0.25, 0.3) is 0 Å². The highest BCUT2D eigenvalue weighted by molar-refractivity contribution is 7.47. The first-order valence-electron chi connectivity index (χ1n) is 22.0. The van der Waals surface area contributed by atoms with E-state index in [-0.39, 0.29) is 32.0 Å². The molecule has 0 fully saturated rings. The Hall–Kier alpha value is -2.29. The van der Waals surface area contributed by atoms with E-state index in [1.54, 1.807) is 0 Å². The van der Waals surface area contributed by atoms with Gasteiger partial charge in [-0.1, -0.05) is 164 Å². The van der Waals surface area contributed by atoms with Crippen molar-refractivity contribution in [3.8, 4) is 0 Å². The number of allylic oxidation sites excluding steroid dienone is 10. The van der Waals surface area contributed by atoms with E-state index in [4.69, 9.17) is 18.5 Å². The van der Waals surface area contributed by atoms with Crippen molar-refractivity contribution in [2.24, 2.45) is 0 Å². The van der Waals surface area contributed by atoms with Gasteiger partial charge in [-0.3, -0.25) is 18.6 Å². The Balaban J connectivity index is 4.46. The van der Waals surface area contributed by atoms with E-state index >= 15 is 0 Å². The summed E-state index contributed by atoms with van der Waals surface area (Å²) in [5, 5.41) is 0. The molecule has 1 N–H and O–H groups in total. The van der Waals surface area contributed by atoms with Crippen LogP contribution in [0.25, 0.3) is 0 Å². The average Bonchev–Trinajstić information content (AvgIpc) is 3.15. The van der Waals surface area contributed by atoms with Crippen LogP contribution in [0.2, 0.25) is 0 Å². The van der Waals surface area contributed by atoms with Crippen molar-refractivity contribution in [1.29, 1.82) is 0 Å². The van der Waals surface area contributed by atoms with E-state index in [9.17, 15) is 19.0 Å². The van der Waals surface area contributed by atoms with Crippen molar-refractivity contribution in [2.75, 3.05) is 47.5 Å². The molecule has 10 heteroatoms. The second-order valence-corrected chi connectivity index (χ2v) is 17.2. The second kappa shape index (κ2) is 38.2. The van der Waals surface area contributed by atoms with Gasteiger partial charge in [0, 0.05) is 12.8 Å². The molecule has 0 aliphatic rings. The highest BCUT2D eigenvalue weighted by atomic mass is 31.2. The van der Waals surface area contributed by atoms with Gasteiger partial charge in [-0.25, -0.2) is 4.57 Å². The monoisotopic (exact) mass is 809 g/mol. The van der Waals surface area contributed by atoms with Crippen molar-refractivity contribution >= 4 is 19.8 Å². The molecule has 56 heavy (non-hydrogen) atoms. The van der Waals surface area contributed by atoms with Crippen molar-refractivity contribution in [3.63, 3.8) is 0 Å². The molecule has 2 atom stereocenters. The molecule has 324 valence electrons. The number of hydrogen-bond acceptors (Lipinski definition) is 7. The summed E-state index contributed by atoms with van der Waals surface area (Å²) >= 11 is 0. The predicted octanol–water partition coefficient (Wildman–Crippen LogP) is 12.5. The van der Waals surface area contributed by atoms with Crippen LogP contribution in [-0.4, -0.2) is 74.9 Å². The Labute approximate surface area is 343 Å². The fraction of sp³-hybridized carbons (Fsp3) is 0.739. The summed E-state index contributed by atoms with van der Waals surface area (Å²) in [6.07, 6.45) is 45.6. The smallest absolute Gasteiger partial charge is 0.462 e. The molecule has 0 heterocycles. The van der Waals surface area contributed by atoms with Gasteiger partial charge < -0.3 is 18.9 Å². The van der Waals surface area contributed by atoms with Gasteiger partial charge in [0.1, 0.15) is 19.8 Å². The molecule has 9 nitrogen and oxygen atoms in total. The fourth-order valence-electron chi connectivity index (χ4n) is 5.64. The number of phosphoric ester groups is 1. The van der Waals surface area contributed by atoms with E-state index in [0.29, 0.717) is 23.9 Å². The number of ether oxygens (including phenoxy) is 2. The molecular formula is C46H83NO8P+. The number of carbonyl (C=O) groups excluding carboxylic acids is 2. The predicted molar refractivity (Wildman–Crippen MR) is 233 cm³/mol. The zero-order valence-electron chi connectivity index (χ0n) is 36.3. The standard InChI is InChI=1S/C46H82NO8P/c1-6-8-10-12-14-16-18-20-22-23-25-27-29-31-33-35-37-39-46(49)55-44(43-54-56(50,51)53-41-40-47(3,4)5)42-52-45(48)38-36-34-32-30-28-26-24-21-19-17-15-13-11-9-7-2/h8,10,14,16,20,22,25,27,31,33,44H,6-7,9,11-13,15,17-19,21,23-24,26,28-30,32,34-43H2,1-5H3/p+1/b10-8-,16-14-,22-20-,27-25-,33-31-. The van der Waals surface area contributed by atoms with Crippen LogP contribution in [0.15, 0.2) is 60.8 Å². The molecule has 0 aromatic rings. The van der Waals surface area contributed by atoms with Gasteiger partial charge in [0.15, 0.2) is 6.10 Å². The zero-order chi connectivity index (χ0) is 41.4. The lowest BCUT2D eigenvalue weighted by atomic mass is 10.0. The SMILES string of the molecule is CC/C=C\C/C=C\C/C=C\C/C=C\C/C=C\CCCC(=O)OC(COC(=O)CCCCCCCCCCCCCCCCC)COP(=O)(O)OCC[N+](C)(C)C. The average molecular weight is 809 g/mol. The third-order valence-electron chi connectivity index (χ3n) is 9.06. The van der Waals surface area contributed by atoms with Crippen LogP contribution in [0.3, 0.4) is 0 Å². The third-order valence-corrected chi connectivity index (χ3v) is 10.0. The Morgan fingerprint density at radius 2 is 1.02 bits per heavy atom. The van der Waals surface area contributed by atoms with Gasteiger partial charge in [0.05, 0.1) is 27.7 Å². The Morgan fingerprint density at radius 1 is 0.571 bits per heavy atom. The lowest BCUT2D eigenvalue weighted by Gasteiger charge is -2.24. The Bertz CT molecular complexity index is 1140. The van der Waals surface area contributed by atoms with Crippen molar-refractivity contribution in [1.82, 2.24) is 0 Å². The Morgan fingerprint density at radius 3 is 1.50 bits per heavy atom. The van der Waals surface area contributed by atoms with Gasteiger partial charge in [-0.05, 0) is 51.4 Å². The first-order chi connectivity index (χ1) is 27.0. The van der Waals surface area contributed by atoms with Crippen LogP contribution in [0.4, 0.5) is 0 Å². The van der Waals surface area contributed by atoms with Crippen LogP contribution >= 0.6 is 7.82 Å². The first-order valence-corrected chi connectivity index (χ1v) is 23.5. The lowest BCUT2D eigenvalue weighted by molar-refractivity contribution is -0.870.